The molecular weight excluding hydrogens is 322 g/mol. The summed E-state index contributed by atoms with van der Waals surface area (Å²) in [7, 11) is 0. The molecule has 1 aromatic carbocycles. The molecule has 4 amide bonds. The van der Waals surface area contributed by atoms with E-state index in [1.54, 1.807) is 31.2 Å². The number of nitrogens with two attached hydrogens (primary N) is 1. The molecule has 0 saturated carbocycles. The predicted octanol–water partition coefficient (Wildman–Crippen LogP) is 0.0189. The van der Waals surface area contributed by atoms with Gasteiger partial charge in [-0.3, -0.25) is 14.9 Å². The second-order valence-electron chi connectivity index (χ2n) is 5.07. The lowest BCUT2D eigenvalue weighted by Crippen LogP contribution is -2.46. The van der Waals surface area contributed by atoms with E-state index in [2.05, 4.69) is 10.6 Å². The molecule has 2 rings (SSSR count). The molecule has 1 aliphatic heterocycles. The Morgan fingerprint density at radius 3 is 2.61 bits per heavy atom. The molecule has 4 N–H and O–H groups in total. The highest BCUT2D eigenvalue weighted by Gasteiger charge is 2.41. The second-order valence-corrected chi connectivity index (χ2v) is 6.08. The van der Waals surface area contributed by atoms with E-state index in [1.165, 1.54) is 11.8 Å². The van der Waals surface area contributed by atoms with Crippen LogP contribution in [0.1, 0.15) is 17.3 Å². The minimum atomic E-state index is -1.06. The smallest absolute Gasteiger partial charge is 0.339 e. The minimum absolute atomic E-state index is 0.227. The fourth-order valence-corrected chi connectivity index (χ4v) is 3.01. The van der Waals surface area contributed by atoms with Gasteiger partial charge >= 0.3 is 12.0 Å². The molecule has 1 fully saturated rings. The van der Waals surface area contributed by atoms with Crippen LogP contribution in [0.4, 0.5) is 4.79 Å². The van der Waals surface area contributed by atoms with Crippen LogP contribution in [0.15, 0.2) is 29.2 Å². The average molecular weight is 337 g/mol. The summed E-state index contributed by atoms with van der Waals surface area (Å²) in [4.78, 5) is 46.2. The molecule has 0 spiro atoms. The predicted molar refractivity (Wildman–Crippen MR) is 81.7 cm³/mol. The molecule has 0 radical (unpaired) electrons. The van der Waals surface area contributed by atoms with E-state index >= 15 is 0 Å². The third-order valence-corrected chi connectivity index (χ3v) is 4.48. The quantitative estimate of drug-likeness (QED) is 0.381. The molecule has 0 aromatic heterocycles. The van der Waals surface area contributed by atoms with Gasteiger partial charge in [0.1, 0.15) is 5.54 Å². The normalized spacial score (nSPS) is 19.9. The van der Waals surface area contributed by atoms with Crippen molar-refractivity contribution in [2.75, 3.05) is 12.4 Å². The first-order valence-corrected chi connectivity index (χ1v) is 7.61. The number of thioether (sulfide) groups is 1. The van der Waals surface area contributed by atoms with Crippen LogP contribution in [0.2, 0.25) is 0 Å². The molecule has 9 heteroatoms. The second kappa shape index (κ2) is 6.69. The number of amides is 4. The van der Waals surface area contributed by atoms with Crippen LogP contribution in [-0.2, 0) is 14.3 Å². The molecule has 1 saturated heterocycles. The van der Waals surface area contributed by atoms with Crippen LogP contribution in [0.5, 0.6) is 0 Å². The number of nitrogens with one attached hydrogen (secondary N) is 2. The maximum absolute atomic E-state index is 12.0. The number of esters is 1. The fraction of sp³-hybridized carbons (Fsp3) is 0.286. The highest BCUT2D eigenvalue weighted by molar-refractivity contribution is 7.99. The molecular formula is C14H15N3O5S. The first-order chi connectivity index (χ1) is 10.8. The zero-order valence-corrected chi connectivity index (χ0v) is 13.1. The number of ether oxygens (including phenoxy) is 1. The Hall–Kier alpha value is -2.55. The monoisotopic (exact) mass is 337 g/mol. The fourth-order valence-electron chi connectivity index (χ4n) is 1.88. The summed E-state index contributed by atoms with van der Waals surface area (Å²) < 4.78 is 4.79. The van der Waals surface area contributed by atoms with E-state index in [1.807, 2.05) is 0 Å². The van der Waals surface area contributed by atoms with E-state index in [0.29, 0.717) is 4.90 Å². The molecule has 1 aliphatic rings. The molecule has 0 bridgehead atoms. The van der Waals surface area contributed by atoms with Crippen molar-refractivity contribution in [1.29, 1.82) is 0 Å². The molecule has 1 atom stereocenters. The summed E-state index contributed by atoms with van der Waals surface area (Å²) in [5.41, 5.74) is 4.13. The van der Waals surface area contributed by atoms with Gasteiger partial charge in [0.25, 0.3) is 11.8 Å². The van der Waals surface area contributed by atoms with Gasteiger partial charge in [-0.15, -0.1) is 11.8 Å². The van der Waals surface area contributed by atoms with E-state index in [0.717, 1.165) is 0 Å². The van der Waals surface area contributed by atoms with Crippen molar-refractivity contribution in [1.82, 2.24) is 10.6 Å². The topological polar surface area (TPSA) is 128 Å². The number of hydrogen-bond donors (Lipinski definition) is 3. The van der Waals surface area contributed by atoms with Crippen molar-refractivity contribution >= 4 is 35.6 Å². The van der Waals surface area contributed by atoms with Gasteiger partial charge in [-0.1, -0.05) is 12.1 Å². The Bertz CT molecular complexity index is 678. The SMILES string of the molecule is C[C@@]1(CSc2ccccc2C(=O)OCC(N)=O)NC(=O)NC1=O. The van der Waals surface area contributed by atoms with Crippen molar-refractivity contribution < 1.29 is 23.9 Å². The van der Waals surface area contributed by atoms with Crippen molar-refractivity contribution in [2.24, 2.45) is 5.73 Å². The molecule has 1 heterocycles. The van der Waals surface area contributed by atoms with Gasteiger partial charge in [0.15, 0.2) is 6.61 Å². The van der Waals surface area contributed by atoms with Crippen LogP contribution in [-0.4, -0.2) is 41.7 Å². The van der Waals surface area contributed by atoms with Crippen LogP contribution in [0.3, 0.4) is 0 Å². The van der Waals surface area contributed by atoms with Crippen molar-refractivity contribution in [3.63, 3.8) is 0 Å². The number of benzene rings is 1. The van der Waals surface area contributed by atoms with Gasteiger partial charge < -0.3 is 15.8 Å². The van der Waals surface area contributed by atoms with Crippen molar-refractivity contribution in [2.45, 2.75) is 17.4 Å². The Kier molecular flexibility index (Phi) is 4.89. The zero-order valence-electron chi connectivity index (χ0n) is 12.3. The Morgan fingerprint density at radius 1 is 1.30 bits per heavy atom. The van der Waals surface area contributed by atoms with Gasteiger partial charge in [0.2, 0.25) is 0 Å². The average Bonchev–Trinajstić information content (AvgIpc) is 2.76. The lowest BCUT2D eigenvalue weighted by Gasteiger charge is -2.20. The first-order valence-electron chi connectivity index (χ1n) is 6.63. The number of rotatable bonds is 6. The number of urea groups is 1. The number of hydrogen-bond acceptors (Lipinski definition) is 6. The van der Waals surface area contributed by atoms with Gasteiger partial charge in [-0.2, -0.15) is 0 Å². The van der Waals surface area contributed by atoms with Gasteiger partial charge in [-0.05, 0) is 19.1 Å². The van der Waals surface area contributed by atoms with Crippen LogP contribution >= 0.6 is 11.8 Å². The molecule has 23 heavy (non-hydrogen) atoms. The summed E-state index contributed by atoms with van der Waals surface area (Å²) in [6.07, 6.45) is 0. The van der Waals surface area contributed by atoms with Crippen LogP contribution < -0.4 is 16.4 Å². The van der Waals surface area contributed by atoms with Gasteiger partial charge in [0.05, 0.1) is 5.56 Å². The molecule has 0 aliphatic carbocycles. The van der Waals surface area contributed by atoms with E-state index < -0.39 is 36.0 Å². The maximum Gasteiger partial charge on any atom is 0.339 e. The molecule has 122 valence electrons. The molecule has 0 unspecified atom stereocenters. The van der Waals surface area contributed by atoms with Gasteiger partial charge in [-0.25, -0.2) is 9.59 Å². The summed E-state index contributed by atoms with van der Waals surface area (Å²) in [5.74, 6) is -1.63. The first kappa shape index (κ1) is 16.8. The number of carbonyl (C=O) groups is 4. The minimum Gasteiger partial charge on any atom is -0.452 e. The highest BCUT2D eigenvalue weighted by atomic mass is 32.2. The standard InChI is InChI=1S/C14H15N3O5S/c1-14(12(20)16-13(21)17-14)7-23-9-5-3-2-4-8(9)11(19)22-6-10(15)18/h2-5H,6-7H2,1H3,(H2,15,18)(H2,16,17,20,21)/t14-/m0/s1. The number of imide groups is 1. The Morgan fingerprint density at radius 2 is 2.00 bits per heavy atom. The molecule has 1 aromatic rings. The zero-order chi connectivity index (χ0) is 17.0. The third-order valence-electron chi connectivity index (χ3n) is 3.09. The molecule has 8 nitrogen and oxygen atoms in total. The number of carbonyl (C=O) groups excluding carboxylic acids is 4. The Labute approximate surface area is 136 Å². The largest absolute Gasteiger partial charge is 0.452 e. The van der Waals surface area contributed by atoms with E-state index in [4.69, 9.17) is 10.5 Å². The van der Waals surface area contributed by atoms with E-state index in [9.17, 15) is 19.2 Å². The summed E-state index contributed by atoms with van der Waals surface area (Å²) in [6.45, 7) is 1.09. The summed E-state index contributed by atoms with van der Waals surface area (Å²) >= 11 is 1.22. The van der Waals surface area contributed by atoms with Crippen LogP contribution in [0.25, 0.3) is 0 Å². The Balaban J connectivity index is 2.09. The maximum atomic E-state index is 12.0. The third kappa shape index (κ3) is 4.01. The van der Waals surface area contributed by atoms with E-state index in [-0.39, 0.29) is 11.3 Å². The highest BCUT2D eigenvalue weighted by Crippen LogP contribution is 2.27. The number of primary amides is 1. The van der Waals surface area contributed by atoms with Crippen LogP contribution in [0, 0.1) is 0 Å². The summed E-state index contributed by atoms with van der Waals surface area (Å²) in [6, 6.07) is 6.05. The van der Waals surface area contributed by atoms with Crippen molar-refractivity contribution in [3.8, 4) is 0 Å². The lowest BCUT2D eigenvalue weighted by atomic mass is 10.1. The van der Waals surface area contributed by atoms with Gasteiger partial charge in [0, 0.05) is 10.6 Å². The summed E-state index contributed by atoms with van der Waals surface area (Å²) in [5, 5.41) is 4.71. The lowest BCUT2D eigenvalue weighted by molar-refractivity contribution is -0.122. The van der Waals surface area contributed by atoms with Crippen molar-refractivity contribution in [3.05, 3.63) is 29.8 Å².